The molecule has 0 amide bonds. The lowest BCUT2D eigenvalue weighted by Crippen LogP contribution is -2.46. The third-order valence-corrected chi connectivity index (χ3v) is 3.79. The van der Waals surface area contributed by atoms with Gasteiger partial charge < -0.3 is 4.74 Å². The Morgan fingerprint density at radius 2 is 1.67 bits per heavy atom. The summed E-state index contributed by atoms with van der Waals surface area (Å²) in [5.74, 6) is 0.338. The lowest BCUT2D eigenvalue weighted by Gasteiger charge is -2.40. The van der Waals surface area contributed by atoms with Crippen molar-refractivity contribution in [1.29, 1.82) is 0 Å². The Kier molecular flexibility index (Phi) is 3.58. The second kappa shape index (κ2) is 4.85. The van der Waals surface area contributed by atoms with E-state index in [2.05, 4.69) is 12.1 Å². The third-order valence-electron chi connectivity index (χ3n) is 3.79. The van der Waals surface area contributed by atoms with Crippen LogP contribution in [0, 0.1) is 5.41 Å². The van der Waals surface area contributed by atoms with Crippen molar-refractivity contribution in [3.8, 4) is 0 Å². The van der Waals surface area contributed by atoms with Crippen molar-refractivity contribution < 1.29 is 9.53 Å². The molecule has 0 aliphatic carbocycles. The van der Waals surface area contributed by atoms with Crippen LogP contribution >= 0.6 is 0 Å². The van der Waals surface area contributed by atoms with Crippen molar-refractivity contribution in [3.63, 3.8) is 0 Å². The topological polar surface area (TPSA) is 26.3 Å². The minimum Gasteiger partial charge on any atom is -0.381 e. The second-order valence-corrected chi connectivity index (χ2v) is 6.14. The number of ketones is 1. The summed E-state index contributed by atoms with van der Waals surface area (Å²) < 4.78 is 5.46. The SMILES string of the molecule is CC(C)(C)C(=O)C1(c2ccccc2)CCOCC1. The highest BCUT2D eigenvalue weighted by Crippen LogP contribution is 2.40. The molecule has 1 aromatic rings. The summed E-state index contributed by atoms with van der Waals surface area (Å²) in [4.78, 5) is 12.9. The van der Waals surface area contributed by atoms with Gasteiger partial charge in [-0.3, -0.25) is 4.79 Å². The molecule has 0 N–H and O–H groups in total. The van der Waals surface area contributed by atoms with E-state index in [4.69, 9.17) is 4.74 Å². The molecule has 0 atom stereocenters. The number of hydrogen-bond donors (Lipinski definition) is 0. The van der Waals surface area contributed by atoms with Crippen LogP contribution in [0.1, 0.15) is 39.2 Å². The molecule has 0 aromatic heterocycles. The van der Waals surface area contributed by atoms with Gasteiger partial charge in [0.25, 0.3) is 0 Å². The molecule has 1 aliphatic heterocycles. The van der Waals surface area contributed by atoms with E-state index >= 15 is 0 Å². The Hall–Kier alpha value is -1.15. The summed E-state index contributed by atoms with van der Waals surface area (Å²) in [5.41, 5.74) is 0.485. The zero-order valence-corrected chi connectivity index (χ0v) is 11.5. The molecule has 0 bridgehead atoms. The Bertz CT molecular complexity index is 408. The van der Waals surface area contributed by atoms with Gasteiger partial charge in [0.05, 0.1) is 5.41 Å². The van der Waals surface area contributed by atoms with Gasteiger partial charge in [0, 0.05) is 18.6 Å². The summed E-state index contributed by atoms with van der Waals surface area (Å²) in [6.07, 6.45) is 1.60. The molecule has 1 saturated heterocycles. The Morgan fingerprint density at radius 3 is 2.17 bits per heavy atom. The number of carbonyl (C=O) groups excluding carboxylic acids is 1. The smallest absolute Gasteiger partial charge is 0.148 e. The van der Waals surface area contributed by atoms with Crippen molar-refractivity contribution in [3.05, 3.63) is 35.9 Å². The van der Waals surface area contributed by atoms with E-state index in [1.807, 2.05) is 39.0 Å². The molecule has 2 nitrogen and oxygen atoms in total. The minimum atomic E-state index is -0.349. The van der Waals surface area contributed by atoms with Crippen molar-refractivity contribution in [2.24, 2.45) is 5.41 Å². The molecule has 0 radical (unpaired) electrons. The van der Waals surface area contributed by atoms with Crippen LogP contribution in [-0.4, -0.2) is 19.0 Å². The van der Waals surface area contributed by atoms with Crippen LogP contribution in [0.15, 0.2) is 30.3 Å². The molecule has 2 rings (SSSR count). The predicted molar refractivity (Wildman–Crippen MR) is 72.6 cm³/mol. The van der Waals surface area contributed by atoms with Crippen molar-refractivity contribution >= 4 is 5.78 Å². The number of hydrogen-bond acceptors (Lipinski definition) is 2. The molecular formula is C16H22O2. The summed E-state index contributed by atoms with van der Waals surface area (Å²) in [5, 5.41) is 0. The zero-order valence-electron chi connectivity index (χ0n) is 11.5. The normalized spacial score (nSPS) is 19.5. The Morgan fingerprint density at radius 1 is 1.11 bits per heavy atom. The number of benzene rings is 1. The molecule has 0 unspecified atom stereocenters. The molecule has 1 aromatic carbocycles. The number of carbonyl (C=O) groups is 1. The molecule has 1 heterocycles. The first-order valence-electron chi connectivity index (χ1n) is 6.65. The Balaban J connectivity index is 2.44. The van der Waals surface area contributed by atoms with Crippen LogP contribution in [0.25, 0.3) is 0 Å². The molecule has 18 heavy (non-hydrogen) atoms. The highest BCUT2D eigenvalue weighted by molar-refractivity contribution is 5.94. The van der Waals surface area contributed by atoms with Gasteiger partial charge in [0.1, 0.15) is 5.78 Å². The third kappa shape index (κ3) is 2.35. The fraction of sp³-hybridized carbons (Fsp3) is 0.562. The van der Waals surface area contributed by atoms with E-state index in [0.717, 1.165) is 18.4 Å². The molecule has 1 fully saturated rings. The van der Waals surface area contributed by atoms with Gasteiger partial charge in [-0.05, 0) is 18.4 Å². The molecule has 1 aliphatic rings. The molecule has 0 saturated carbocycles. The lowest BCUT2D eigenvalue weighted by atomic mass is 9.64. The van der Waals surface area contributed by atoms with Gasteiger partial charge in [-0.15, -0.1) is 0 Å². The fourth-order valence-corrected chi connectivity index (χ4v) is 2.84. The van der Waals surface area contributed by atoms with Gasteiger partial charge in [-0.1, -0.05) is 51.1 Å². The minimum absolute atomic E-state index is 0.312. The summed E-state index contributed by atoms with van der Waals surface area (Å²) in [6.45, 7) is 7.38. The van der Waals surface area contributed by atoms with E-state index < -0.39 is 0 Å². The second-order valence-electron chi connectivity index (χ2n) is 6.14. The van der Waals surface area contributed by atoms with E-state index in [9.17, 15) is 4.79 Å². The van der Waals surface area contributed by atoms with E-state index in [-0.39, 0.29) is 10.8 Å². The van der Waals surface area contributed by atoms with Gasteiger partial charge in [-0.25, -0.2) is 0 Å². The lowest BCUT2D eigenvalue weighted by molar-refractivity contribution is -0.136. The predicted octanol–water partition coefficient (Wildman–Crippen LogP) is 3.35. The van der Waals surface area contributed by atoms with Crippen LogP contribution in [0.3, 0.4) is 0 Å². The first-order chi connectivity index (χ1) is 8.47. The standard InChI is InChI=1S/C16H22O2/c1-15(2,3)14(17)16(9-11-18-12-10-16)13-7-5-4-6-8-13/h4-8H,9-12H2,1-3H3. The van der Waals surface area contributed by atoms with Crippen molar-refractivity contribution in [1.82, 2.24) is 0 Å². The van der Waals surface area contributed by atoms with E-state index in [1.165, 1.54) is 0 Å². The maximum absolute atomic E-state index is 12.9. The molecule has 0 spiro atoms. The number of rotatable bonds is 2. The number of Topliss-reactive ketones (excluding diaryl/α,β-unsaturated/α-hetero) is 1. The maximum Gasteiger partial charge on any atom is 0.148 e. The first kappa shape index (κ1) is 13.3. The highest BCUT2D eigenvalue weighted by atomic mass is 16.5. The fourth-order valence-electron chi connectivity index (χ4n) is 2.84. The molecule has 2 heteroatoms. The first-order valence-corrected chi connectivity index (χ1v) is 6.65. The van der Waals surface area contributed by atoms with Gasteiger partial charge >= 0.3 is 0 Å². The van der Waals surface area contributed by atoms with Gasteiger partial charge in [0.2, 0.25) is 0 Å². The van der Waals surface area contributed by atoms with Crippen LogP contribution in [0.2, 0.25) is 0 Å². The number of ether oxygens (including phenoxy) is 1. The summed E-state index contributed by atoms with van der Waals surface area (Å²) >= 11 is 0. The monoisotopic (exact) mass is 246 g/mol. The van der Waals surface area contributed by atoms with E-state index in [1.54, 1.807) is 0 Å². The molecular weight excluding hydrogens is 224 g/mol. The Labute approximate surface area is 109 Å². The summed E-state index contributed by atoms with van der Waals surface area (Å²) in [6, 6.07) is 10.2. The largest absolute Gasteiger partial charge is 0.381 e. The van der Waals surface area contributed by atoms with Crippen LogP contribution in [0.4, 0.5) is 0 Å². The van der Waals surface area contributed by atoms with Gasteiger partial charge in [-0.2, -0.15) is 0 Å². The highest BCUT2D eigenvalue weighted by Gasteiger charge is 2.45. The van der Waals surface area contributed by atoms with Crippen LogP contribution < -0.4 is 0 Å². The van der Waals surface area contributed by atoms with Crippen LogP contribution in [0.5, 0.6) is 0 Å². The van der Waals surface area contributed by atoms with E-state index in [0.29, 0.717) is 19.0 Å². The maximum atomic E-state index is 12.9. The average Bonchev–Trinajstić information content (AvgIpc) is 2.39. The zero-order chi connectivity index (χ0) is 13.2. The van der Waals surface area contributed by atoms with Crippen molar-refractivity contribution in [2.45, 2.75) is 39.0 Å². The van der Waals surface area contributed by atoms with Gasteiger partial charge in [0.15, 0.2) is 0 Å². The van der Waals surface area contributed by atoms with Crippen molar-refractivity contribution in [2.75, 3.05) is 13.2 Å². The molecule has 98 valence electrons. The van der Waals surface area contributed by atoms with Crippen LogP contribution in [-0.2, 0) is 14.9 Å². The average molecular weight is 246 g/mol. The quantitative estimate of drug-likeness (QED) is 0.800. The summed E-state index contributed by atoms with van der Waals surface area (Å²) in [7, 11) is 0.